The summed E-state index contributed by atoms with van der Waals surface area (Å²) >= 11 is 0. The lowest BCUT2D eigenvalue weighted by molar-refractivity contribution is -0.147. The largest absolute Gasteiger partial charge is 0.490 e. The Morgan fingerprint density at radius 3 is 2.35 bits per heavy atom. The van der Waals surface area contributed by atoms with Gasteiger partial charge >= 0.3 is 35.4 Å². The number of aliphatic hydroxyl groups is 1. The Bertz CT molecular complexity index is 2240. The number of carbonyl (C=O) groups excluding carboxylic acids is 3. The van der Waals surface area contributed by atoms with Crippen LogP contribution in [-0.2, 0) is 55.5 Å². The number of hydrogen-bond donors (Lipinski definition) is 10. The normalized spacial score (nSPS) is 19.3. The molecule has 1 aliphatic heterocycles. The van der Waals surface area contributed by atoms with Gasteiger partial charge in [-0.1, -0.05) is 53.2 Å². The topological polar surface area (TPSA) is 404 Å². The van der Waals surface area contributed by atoms with Crippen LogP contribution in [0.5, 0.6) is 0 Å². The van der Waals surface area contributed by atoms with Crippen molar-refractivity contribution in [3.63, 3.8) is 0 Å². The molecule has 7 unspecified atom stereocenters. The molecule has 2 aromatic rings. The summed E-state index contributed by atoms with van der Waals surface area (Å²) in [7, 11) is -14.0. The molecule has 0 aromatic carbocycles. The number of Topliss-reactive ketones (excluding diaryl/α,β-unsaturated/α-hetero) is 2. The van der Waals surface area contributed by atoms with Crippen LogP contribution in [0.2, 0.25) is 0 Å². The van der Waals surface area contributed by atoms with Crippen molar-refractivity contribution in [3.8, 4) is 11.8 Å². The molecular formula is C33H48N5O20P3S2. The fourth-order valence-electron chi connectivity index (χ4n) is 5.76. The second-order valence-electron chi connectivity index (χ2n) is 14.0. The molecule has 1 amide bonds. The predicted molar refractivity (Wildman–Crippen MR) is 223 cm³/mol. The van der Waals surface area contributed by atoms with Crippen LogP contribution in [0.25, 0.3) is 11.0 Å². The molecule has 0 saturated carbocycles. The Kier molecular flexibility index (Phi) is 21.2. The van der Waals surface area contributed by atoms with Gasteiger partial charge in [-0.05, 0) is 12.8 Å². The van der Waals surface area contributed by atoms with Crippen molar-refractivity contribution in [1.82, 2.24) is 19.9 Å². The SMILES string of the molecule is CC(CSSCCC(=O)CCC#Cc1cn(C2CC(O)C(COP(=O)(O)OP(=O)(O)OP(=O)(O)O)O2)c2nc(N)[nH]c(=O)c12)C(=O)CCCCCCC(=O)NC(CC(=O)O)C(=O)O. The summed E-state index contributed by atoms with van der Waals surface area (Å²) in [5, 5.41) is 30.5. The van der Waals surface area contributed by atoms with Crippen LogP contribution in [-0.4, -0.2) is 115 Å². The number of anilines is 1. The third-order valence-electron chi connectivity index (χ3n) is 8.79. The van der Waals surface area contributed by atoms with E-state index in [-0.39, 0.29) is 72.1 Å². The zero-order chi connectivity index (χ0) is 47.1. The van der Waals surface area contributed by atoms with Crippen LogP contribution >= 0.6 is 45.1 Å². The maximum Gasteiger partial charge on any atom is 0.490 e. The fraction of sp³-hybridized carbons (Fsp3) is 0.606. The van der Waals surface area contributed by atoms with Crippen molar-refractivity contribution >= 4 is 91.4 Å². The van der Waals surface area contributed by atoms with E-state index in [1.165, 1.54) is 32.4 Å². The van der Waals surface area contributed by atoms with Gasteiger partial charge in [-0.15, -0.1) is 0 Å². The van der Waals surface area contributed by atoms with Gasteiger partial charge in [-0.2, -0.15) is 13.6 Å². The fourth-order valence-corrected chi connectivity index (χ4v) is 11.2. The van der Waals surface area contributed by atoms with Crippen LogP contribution in [0.15, 0.2) is 11.0 Å². The summed E-state index contributed by atoms with van der Waals surface area (Å²) in [4.78, 5) is 115. The van der Waals surface area contributed by atoms with Crippen molar-refractivity contribution in [3.05, 3.63) is 22.1 Å². The number of ketones is 2. The summed E-state index contributed by atoms with van der Waals surface area (Å²) in [5.41, 5.74) is 5.27. The first kappa shape index (κ1) is 53.9. The molecule has 352 valence electrons. The van der Waals surface area contributed by atoms with Gasteiger partial charge in [-0.3, -0.25) is 33.5 Å². The molecule has 1 aliphatic rings. The number of nitrogens with zero attached hydrogens (tertiary/aromatic N) is 2. The summed E-state index contributed by atoms with van der Waals surface area (Å²) in [6.07, 6.45) is -0.0323. The Labute approximate surface area is 366 Å². The average Bonchev–Trinajstić information content (AvgIpc) is 3.71. The Hall–Kier alpha value is -3.44. The number of unbranched alkanes of at least 4 members (excludes halogenated alkanes) is 3. The predicted octanol–water partition coefficient (Wildman–Crippen LogP) is 2.36. The second-order valence-corrected chi connectivity index (χ2v) is 21.0. The number of aromatic nitrogens is 3. The van der Waals surface area contributed by atoms with Gasteiger partial charge in [-0.25, -0.2) is 18.5 Å². The van der Waals surface area contributed by atoms with Gasteiger partial charge < -0.3 is 55.2 Å². The van der Waals surface area contributed by atoms with E-state index in [2.05, 4.69) is 40.3 Å². The lowest BCUT2D eigenvalue weighted by atomic mass is 10.0. The summed E-state index contributed by atoms with van der Waals surface area (Å²) in [5.74, 6) is 2.96. The number of carboxylic acids is 2. The standard InChI is InChI=1S/C33H48N5O20P3S2/c1-19(23(40)10-4-2-3-5-11-26(42)35-22(32(46)47)14-28(43)44)18-63-62-13-12-21(39)9-7-6-8-20-16-38(30-29(20)31(45)37-33(34)36-30)27-15-24(41)25(56-27)17-55-60(51,52)58-61(53,54)57-59(48,49)50/h16,19,22,24-25,27,41H,2-5,7,9-15,17-18H2,1H3,(H,35,42)(H,43,44)(H,46,47)(H,51,52)(H,53,54)(H2,48,49,50)(H3,34,36,37,45). The molecule has 63 heavy (non-hydrogen) atoms. The number of nitrogen functional groups attached to an aromatic ring is 1. The summed E-state index contributed by atoms with van der Waals surface area (Å²) < 4.78 is 53.6. The molecule has 0 radical (unpaired) electrons. The van der Waals surface area contributed by atoms with Crippen molar-refractivity contribution < 1.29 is 90.4 Å². The van der Waals surface area contributed by atoms with Crippen molar-refractivity contribution in [1.29, 1.82) is 0 Å². The van der Waals surface area contributed by atoms with E-state index < -0.39 is 84.4 Å². The van der Waals surface area contributed by atoms with Crippen LogP contribution in [0.4, 0.5) is 5.95 Å². The molecule has 3 rings (SSSR count). The zero-order valence-electron chi connectivity index (χ0n) is 33.4. The molecule has 30 heteroatoms. The quantitative estimate of drug-likeness (QED) is 0.0253. The maximum absolute atomic E-state index is 12.9. The van der Waals surface area contributed by atoms with Crippen molar-refractivity contribution in [2.75, 3.05) is 23.8 Å². The molecule has 11 N–H and O–H groups in total. The Morgan fingerprint density at radius 1 is 1.02 bits per heavy atom. The molecule has 1 fully saturated rings. The monoisotopic (exact) mass is 991 g/mol. The third-order valence-corrected chi connectivity index (χ3v) is 15.2. The lowest BCUT2D eigenvalue weighted by Crippen LogP contribution is -2.42. The first-order valence-electron chi connectivity index (χ1n) is 18.9. The minimum atomic E-state index is -5.78. The van der Waals surface area contributed by atoms with Gasteiger partial charge in [0.25, 0.3) is 5.56 Å². The van der Waals surface area contributed by atoms with Crippen molar-refractivity contribution in [2.45, 2.75) is 102 Å². The summed E-state index contributed by atoms with van der Waals surface area (Å²) in [6, 6.07) is -1.49. The number of aliphatic carboxylic acids is 2. The third kappa shape index (κ3) is 19.3. The van der Waals surface area contributed by atoms with E-state index in [1.54, 1.807) is 0 Å². The second kappa shape index (κ2) is 24.7. The first-order chi connectivity index (χ1) is 29.4. The molecule has 3 heterocycles. The van der Waals surface area contributed by atoms with Gasteiger partial charge in [0.05, 0.1) is 30.1 Å². The van der Waals surface area contributed by atoms with Crippen LogP contribution < -0.4 is 16.6 Å². The van der Waals surface area contributed by atoms with Gasteiger partial charge in [0.1, 0.15) is 29.9 Å². The van der Waals surface area contributed by atoms with Gasteiger partial charge in [0, 0.05) is 62.1 Å². The number of amides is 1. The molecule has 2 aromatic heterocycles. The number of ether oxygens (including phenoxy) is 1. The number of nitrogens with two attached hydrogens (primary N) is 1. The molecule has 0 spiro atoms. The number of carboxylic acid groups (broad SMARTS) is 2. The van der Waals surface area contributed by atoms with E-state index in [9.17, 15) is 57.4 Å². The molecular weight excluding hydrogens is 943 g/mol. The van der Waals surface area contributed by atoms with E-state index in [0.29, 0.717) is 43.6 Å². The van der Waals surface area contributed by atoms with Gasteiger partial charge in [0.2, 0.25) is 11.9 Å². The first-order valence-corrected chi connectivity index (χ1v) is 25.9. The van der Waals surface area contributed by atoms with E-state index in [4.69, 9.17) is 30.5 Å². The number of H-pyrrole nitrogens is 1. The lowest BCUT2D eigenvalue weighted by Gasteiger charge is -2.19. The van der Waals surface area contributed by atoms with Gasteiger partial charge in [0.15, 0.2) is 5.65 Å². The molecule has 7 atom stereocenters. The highest BCUT2D eigenvalue weighted by Gasteiger charge is 2.43. The number of hydrogen-bond acceptors (Lipinski definition) is 18. The average molecular weight is 992 g/mol. The zero-order valence-corrected chi connectivity index (χ0v) is 37.7. The number of phosphoric acid groups is 3. The van der Waals surface area contributed by atoms with Crippen LogP contribution in [0.1, 0.15) is 89.3 Å². The van der Waals surface area contributed by atoms with Crippen LogP contribution in [0.3, 0.4) is 0 Å². The molecule has 1 saturated heterocycles. The number of rotatable bonds is 28. The number of nitrogens with one attached hydrogen (secondary N) is 2. The van der Waals surface area contributed by atoms with E-state index in [0.717, 1.165) is 0 Å². The minimum Gasteiger partial charge on any atom is -0.481 e. The Balaban J connectivity index is 1.40. The molecule has 0 aliphatic carbocycles. The number of aromatic amines is 1. The minimum absolute atomic E-state index is 0.000758. The number of fused-ring (bicyclic) bond motifs is 1. The smallest absolute Gasteiger partial charge is 0.481 e. The summed E-state index contributed by atoms with van der Waals surface area (Å²) in [6.45, 7) is 0.895. The highest BCUT2D eigenvalue weighted by molar-refractivity contribution is 8.76. The number of aliphatic hydroxyl groups excluding tert-OH is 1. The molecule has 0 bridgehead atoms. The number of phosphoric ester groups is 1. The highest BCUT2D eigenvalue weighted by atomic mass is 33.1. The Morgan fingerprint density at radius 2 is 1.70 bits per heavy atom. The number of carbonyl (C=O) groups is 5. The van der Waals surface area contributed by atoms with Crippen molar-refractivity contribution in [2.24, 2.45) is 5.92 Å². The van der Waals surface area contributed by atoms with E-state index >= 15 is 0 Å². The molecule has 25 nitrogen and oxygen atoms in total. The van der Waals surface area contributed by atoms with E-state index in [1.807, 2.05) is 6.92 Å². The highest BCUT2D eigenvalue weighted by Crippen LogP contribution is 2.66. The maximum atomic E-state index is 12.9. The van der Waals surface area contributed by atoms with Crippen LogP contribution in [0, 0.1) is 17.8 Å².